The molecule has 0 aromatic heterocycles. The topological polar surface area (TPSA) is 58.6 Å². The highest BCUT2D eigenvalue weighted by atomic mass is 16.5. The van der Waals surface area contributed by atoms with Crippen LogP contribution in [-0.2, 0) is 11.2 Å². The first-order chi connectivity index (χ1) is 13.2. The van der Waals surface area contributed by atoms with Crippen LogP contribution < -0.4 is 10.1 Å². The number of nitrogens with one attached hydrogen (secondary N) is 1. The summed E-state index contributed by atoms with van der Waals surface area (Å²) in [6, 6.07) is 19.7. The van der Waals surface area contributed by atoms with E-state index in [0.29, 0.717) is 0 Å². The molecular weight excluding hydrogens is 338 g/mol. The highest BCUT2D eigenvalue weighted by Crippen LogP contribution is 2.35. The molecule has 3 aromatic rings. The number of amides is 1. The summed E-state index contributed by atoms with van der Waals surface area (Å²) in [6.07, 6.45) is 0.938. The number of aliphatic hydroxyl groups is 1. The number of carbonyl (C=O) groups is 1. The quantitative estimate of drug-likeness (QED) is 0.728. The van der Waals surface area contributed by atoms with Crippen molar-refractivity contribution in [1.29, 1.82) is 0 Å². The van der Waals surface area contributed by atoms with Crippen molar-refractivity contribution in [2.75, 3.05) is 13.7 Å². The van der Waals surface area contributed by atoms with Crippen molar-refractivity contribution in [3.63, 3.8) is 0 Å². The predicted octanol–water partition coefficient (Wildman–Crippen LogP) is 3.73. The summed E-state index contributed by atoms with van der Waals surface area (Å²) in [5, 5.41) is 15.7. The van der Waals surface area contributed by atoms with E-state index >= 15 is 0 Å². The van der Waals surface area contributed by atoms with Gasteiger partial charge in [-0.1, -0.05) is 48.5 Å². The Morgan fingerprint density at radius 1 is 1.19 bits per heavy atom. The normalized spacial score (nSPS) is 16.7. The van der Waals surface area contributed by atoms with Crippen molar-refractivity contribution in [2.45, 2.75) is 24.9 Å². The smallest absolute Gasteiger partial charge is 0.227 e. The number of hydrogen-bond donors (Lipinski definition) is 2. The van der Waals surface area contributed by atoms with Crippen LogP contribution in [0.3, 0.4) is 0 Å². The summed E-state index contributed by atoms with van der Waals surface area (Å²) < 4.78 is 5.29. The van der Waals surface area contributed by atoms with Crippen molar-refractivity contribution >= 4 is 16.7 Å². The fourth-order valence-corrected chi connectivity index (χ4v) is 3.95. The molecule has 0 saturated heterocycles. The van der Waals surface area contributed by atoms with Crippen LogP contribution in [0.5, 0.6) is 5.75 Å². The summed E-state index contributed by atoms with van der Waals surface area (Å²) >= 11 is 0. The Bertz CT molecular complexity index is 977. The van der Waals surface area contributed by atoms with Gasteiger partial charge in [0.1, 0.15) is 5.75 Å². The molecule has 1 aliphatic carbocycles. The Labute approximate surface area is 158 Å². The number of fused-ring (bicyclic) bond motifs is 2. The van der Waals surface area contributed by atoms with Gasteiger partial charge in [-0.25, -0.2) is 0 Å². The first-order valence-corrected chi connectivity index (χ1v) is 9.27. The predicted molar refractivity (Wildman–Crippen MR) is 106 cm³/mol. The minimum atomic E-state index is -0.744. The second kappa shape index (κ2) is 7.41. The molecule has 0 saturated carbocycles. The minimum Gasteiger partial charge on any atom is -0.497 e. The first-order valence-electron chi connectivity index (χ1n) is 9.27. The maximum atomic E-state index is 12.7. The maximum absolute atomic E-state index is 12.7. The molecule has 4 rings (SSSR count). The number of hydrogen-bond acceptors (Lipinski definition) is 3. The molecule has 0 heterocycles. The van der Waals surface area contributed by atoms with Crippen LogP contribution in [0.1, 0.15) is 35.1 Å². The number of rotatable bonds is 5. The molecule has 1 amide bonds. The number of ether oxygens (including phenoxy) is 1. The van der Waals surface area contributed by atoms with Crippen LogP contribution in [0.25, 0.3) is 10.8 Å². The minimum absolute atomic E-state index is 0.0405. The van der Waals surface area contributed by atoms with Gasteiger partial charge in [-0.3, -0.25) is 4.79 Å². The zero-order valence-electron chi connectivity index (χ0n) is 15.3. The van der Waals surface area contributed by atoms with E-state index in [1.54, 1.807) is 7.11 Å². The first kappa shape index (κ1) is 17.6. The SMILES string of the molecule is COc1ccc2c(c1)C(C(=O)NCC(O)c1cccc3ccccc13)CC2. The molecule has 0 spiro atoms. The molecule has 2 unspecified atom stereocenters. The van der Waals surface area contributed by atoms with E-state index in [-0.39, 0.29) is 18.4 Å². The lowest BCUT2D eigenvalue weighted by Crippen LogP contribution is -2.32. The fraction of sp³-hybridized carbons (Fsp3) is 0.261. The molecule has 1 aliphatic rings. The molecule has 0 radical (unpaired) electrons. The van der Waals surface area contributed by atoms with Crippen molar-refractivity contribution in [3.8, 4) is 5.75 Å². The van der Waals surface area contributed by atoms with Crippen molar-refractivity contribution in [3.05, 3.63) is 77.4 Å². The molecule has 0 aliphatic heterocycles. The van der Waals surface area contributed by atoms with Crippen LogP contribution in [-0.4, -0.2) is 24.7 Å². The summed E-state index contributed by atoms with van der Waals surface area (Å²) in [4.78, 5) is 12.7. The van der Waals surface area contributed by atoms with Gasteiger partial charge in [0, 0.05) is 6.54 Å². The second-order valence-corrected chi connectivity index (χ2v) is 6.99. The van der Waals surface area contributed by atoms with E-state index in [4.69, 9.17) is 4.74 Å². The molecule has 0 bridgehead atoms. The molecule has 0 fully saturated rings. The molecular formula is C23H23NO3. The van der Waals surface area contributed by atoms with E-state index in [1.165, 1.54) is 5.56 Å². The molecule has 2 N–H and O–H groups in total. The Kier molecular flexibility index (Phi) is 4.82. The monoisotopic (exact) mass is 361 g/mol. The highest BCUT2D eigenvalue weighted by Gasteiger charge is 2.29. The number of aryl methyl sites for hydroxylation is 1. The third-order valence-corrected chi connectivity index (χ3v) is 5.40. The van der Waals surface area contributed by atoms with Crippen LogP contribution in [0.2, 0.25) is 0 Å². The number of aliphatic hydroxyl groups excluding tert-OH is 1. The molecule has 4 heteroatoms. The van der Waals surface area contributed by atoms with Gasteiger partial charge in [0.15, 0.2) is 0 Å². The Morgan fingerprint density at radius 3 is 2.85 bits per heavy atom. The van der Waals surface area contributed by atoms with Crippen molar-refractivity contribution in [1.82, 2.24) is 5.32 Å². The summed E-state index contributed by atoms with van der Waals surface area (Å²) in [5.74, 6) is 0.542. The highest BCUT2D eigenvalue weighted by molar-refractivity contribution is 5.87. The Hall–Kier alpha value is -2.85. The summed E-state index contributed by atoms with van der Waals surface area (Å²) in [6.45, 7) is 0.197. The number of carbonyl (C=O) groups excluding carboxylic acids is 1. The average Bonchev–Trinajstić information content (AvgIpc) is 3.14. The second-order valence-electron chi connectivity index (χ2n) is 6.99. The molecule has 2 atom stereocenters. The maximum Gasteiger partial charge on any atom is 0.227 e. The van der Waals surface area contributed by atoms with Crippen LogP contribution in [0, 0.1) is 0 Å². The Balaban J connectivity index is 1.47. The summed E-state index contributed by atoms with van der Waals surface area (Å²) in [7, 11) is 1.63. The molecule has 4 nitrogen and oxygen atoms in total. The van der Waals surface area contributed by atoms with Crippen molar-refractivity contribution in [2.24, 2.45) is 0 Å². The lowest BCUT2D eigenvalue weighted by Gasteiger charge is -2.17. The van der Waals surface area contributed by atoms with E-state index in [2.05, 4.69) is 5.32 Å². The zero-order valence-corrected chi connectivity index (χ0v) is 15.3. The van der Waals surface area contributed by atoms with Gasteiger partial charge in [0.2, 0.25) is 5.91 Å². The van der Waals surface area contributed by atoms with Crippen LogP contribution in [0.15, 0.2) is 60.7 Å². The van der Waals surface area contributed by atoms with Gasteiger partial charge in [-0.05, 0) is 52.4 Å². The van der Waals surface area contributed by atoms with Gasteiger partial charge in [0.25, 0.3) is 0 Å². The van der Waals surface area contributed by atoms with Crippen LogP contribution >= 0.6 is 0 Å². The van der Waals surface area contributed by atoms with E-state index < -0.39 is 6.10 Å². The fourth-order valence-electron chi connectivity index (χ4n) is 3.95. The number of methoxy groups -OCH3 is 1. The van der Waals surface area contributed by atoms with E-state index in [9.17, 15) is 9.90 Å². The molecule has 27 heavy (non-hydrogen) atoms. The van der Waals surface area contributed by atoms with Gasteiger partial charge in [-0.2, -0.15) is 0 Å². The molecule has 138 valence electrons. The Morgan fingerprint density at radius 2 is 2.00 bits per heavy atom. The van der Waals surface area contributed by atoms with Gasteiger partial charge in [0.05, 0.1) is 19.1 Å². The standard InChI is InChI=1S/C23H23NO3/c1-27-17-11-9-16-10-12-20(21(16)13-17)23(26)24-14-22(25)19-8-4-6-15-5-2-3-7-18(15)19/h2-9,11,13,20,22,25H,10,12,14H2,1H3,(H,24,26). The van der Waals surface area contributed by atoms with E-state index in [0.717, 1.165) is 40.5 Å². The third kappa shape index (κ3) is 3.40. The third-order valence-electron chi connectivity index (χ3n) is 5.40. The molecule has 3 aromatic carbocycles. The lowest BCUT2D eigenvalue weighted by molar-refractivity contribution is -0.123. The summed E-state index contributed by atoms with van der Waals surface area (Å²) in [5.41, 5.74) is 3.07. The number of benzene rings is 3. The van der Waals surface area contributed by atoms with E-state index in [1.807, 2.05) is 60.7 Å². The van der Waals surface area contributed by atoms with Crippen molar-refractivity contribution < 1.29 is 14.6 Å². The van der Waals surface area contributed by atoms with Gasteiger partial charge < -0.3 is 15.2 Å². The van der Waals surface area contributed by atoms with Gasteiger partial charge in [-0.15, -0.1) is 0 Å². The zero-order chi connectivity index (χ0) is 18.8. The van der Waals surface area contributed by atoms with Gasteiger partial charge >= 0.3 is 0 Å². The van der Waals surface area contributed by atoms with Crippen LogP contribution in [0.4, 0.5) is 0 Å². The lowest BCUT2D eigenvalue weighted by atomic mass is 9.98. The average molecular weight is 361 g/mol. The largest absolute Gasteiger partial charge is 0.497 e.